The van der Waals surface area contributed by atoms with Crippen molar-refractivity contribution in [2.24, 2.45) is 0 Å². The van der Waals surface area contributed by atoms with E-state index in [1.165, 1.54) is 0 Å². The lowest BCUT2D eigenvalue weighted by molar-refractivity contribution is 1.09. The highest BCUT2D eigenvalue weighted by atomic mass is 15.1. The van der Waals surface area contributed by atoms with Gasteiger partial charge in [-0.2, -0.15) is 26.3 Å². The third kappa shape index (κ3) is 5.99. The Balaban J connectivity index is 1.35. The summed E-state index contributed by atoms with van der Waals surface area (Å²) in [5.41, 5.74) is 13.7. The molecule has 3 heterocycles. The molecule has 7 aromatic carbocycles. The van der Waals surface area contributed by atoms with Crippen LogP contribution >= 0.6 is 0 Å². The summed E-state index contributed by atoms with van der Waals surface area (Å²) in [6.07, 6.45) is 0. The molecule has 10 rings (SSSR count). The molecule has 0 unspecified atom stereocenters. The Hall–Kier alpha value is -9.26. The average Bonchev–Trinajstić information content (AvgIpc) is 3.82. The number of nitrogens with zero attached hydrogens (tertiary/aromatic N) is 8. The van der Waals surface area contributed by atoms with Crippen molar-refractivity contribution < 1.29 is 0 Å². The standard InChI is InChI=1S/C54H30N8/c1-32-15-42(16-33(2)60-32)48-26-54(62-50-10-6-4-8-45(50)47-14-12-39(24-52(47)62)41-21-36(29-57)18-37(22-41)30-58)53(25-43(48)31-59)61-49-9-5-3-7-44(49)46-13-11-38(23-51(46)61)40-19-34(27-55)17-35(20-40)28-56/h3-26H,1-2H3. The zero-order chi connectivity index (χ0) is 42.6. The molecule has 3 aromatic heterocycles. The van der Waals surface area contributed by atoms with Crippen LogP contribution in [0.15, 0.2) is 146 Å². The molecule has 0 aliphatic rings. The predicted octanol–water partition coefficient (Wildman–Crippen LogP) is 12.3. The molecule has 62 heavy (non-hydrogen) atoms. The van der Waals surface area contributed by atoms with E-state index in [2.05, 4.69) is 99.1 Å². The zero-order valence-electron chi connectivity index (χ0n) is 33.4. The van der Waals surface area contributed by atoms with E-state index < -0.39 is 0 Å². The highest BCUT2D eigenvalue weighted by molar-refractivity contribution is 6.13. The van der Waals surface area contributed by atoms with Crippen LogP contribution in [0.1, 0.15) is 39.2 Å². The van der Waals surface area contributed by atoms with Gasteiger partial charge in [-0.3, -0.25) is 4.98 Å². The van der Waals surface area contributed by atoms with Gasteiger partial charge in [0, 0.05) is 38.5 Å². The summed E-state index contributed by atoms with van der Waals surface area (Å²) in [4.78, 5) is 4.65. The molecule has 0 fully saturated rings. The molecule has 0 amide bonds. The molecule has 8 heteroatoms. The second-order valence-corrected chi connectivity index (χ2v) is 15.4. The molecule has 0 N–H and O–H groups in total. The Labute approximate surface area is 356 Å². The van der Waals surface area contributed by atoms with E-state index in [4.69, 9.17) is 0 Å². The second-order valence-electron chi connectivity index (χ2n) is 15.4. The Morgan fingerprint density at radius 2 is 0.790 bits per heavy atom. The van der Waals surface area contributed by atoms with Crippen molar-refractivity contribution in [3.63, 3.8) is 0 Å². The van der Waals surface area contributed by atoms with E-state index in [0.29, 0.717) is 27.8 Å². The maximum absolute atomic E-state index is 11.0. The van der Waals surface area contributed by atoms with Crippen LogP contribution in [0.3, 0.4) is 0 Å². The molecule has 0 radical (unpaired) electrons. The fraction of sp³-hybridized carbons (Fsp3) is 0.0370. The zero-order valence-corrected chi connectivity index (χ0v) is 33.4. The van der Waals surface area contributed by atoms with Crippen molar-refractivity contribution >= 4 is 43.6 Å². The topological polar surface area (TPSA) is 142 Å². The van der Waals surface area contributed by atoms with Crippen molar-refractivity contribution in [2.45, 2.75) is 13.8 Å². The van der Waals surface area contributed by atoms with Gasteiger partial charge in [0.25, 0.3) is 0 Å². The van der Waals surface area contributed by atoms with Crippen LogP contribution < -0.4 is 0 Å². The lowest BCUT2D eigenvalue weighted by Gasteiger charge is -2.20. The van der Waals surface area contributed by atoms with Crippen molar-refractivity contribution in [1.82, 2.24) is 14.1 Å². The molecule has 0 spiro atoms. The van der Waals surface area contributed by atoms with Crippen LogP contribution in [0, 0.1) is 70.5 Å². The van der Waals surface area contributed by atoms with Crippen LogP contribution in [0.2, 0.25) is 0 Å². The Kier molecular flexibility index (Phi) is 8.68. The molecule has 0 atom stereocenters. The molecule has 0 saturated carbocycles. The van der Waals surface area contributed by atoms with Crippen molar-refractivity contribution in [2.75, 3.05) is 0 Å². The number of fused-ring (bicyclic) bond motifs is 6. The smallest absolute Gasteiger partial charge is 0.0998 e. The maximum atomic E-state index is 11.0. The summed E-state index contributed by atoms with van der Waals surface area (Å²) in [5, 5.41) is 54.5. The van der Waals surface area contributed by atoms with E-state index in [9.17, 15) is 26.3 Å². The van der Waals surface area contributed by atoms with Crippen molar-refractivity contribution in [3.05, 3.63) is 185 Å². The molecule has 0 saturated heterocycles. The van der Waals surface area contributed by atoms with E-state index in [-0.39, 0.29) is 0 Å². The Morgan fingerprint density at radius 1 is 0.371 bits per heavy atom. The Morgan fingerprint density at radius 3 is 1.23 bits per heavy atom. The van der Waals surface area contributed by atoms with E-state index >= 15 is 0 Å². The number of rotatable bonds is 5. The van der Waals surface area contributed by atoms with Gasteiger partial charge in [0.05, 0.1) is 91.6 Å². The minimum atomic E-state index is 0.395. The van der Waals surface area contributed by atoms with Gasteiger partial charge < -0.3 is 9.13 Å². The SMILES string of the molecule is Cc1cc(-c2cc(-n3c4ccccc4c4ccc(-c5cc(C#N)cc(C#N)c5)cc43)c(-n3c4ccccc4c4ccc(-c5cc(C#N)cc(C#N)c5)cc43)cc2C#N)cc(C)n1. The minimum absolute atomic E-state index is 0.395. The summed E-state index contributed by atoms with van der Waals surface area (Å²) in [7, 11) is 0. The monoisotopic (exact) mass is 790 g/mol. The first-order valence-electron chi connectivity index (χ1n) is 19.8. The van der Waals surface area contributed by atoms with Gasteiger partial charge in [0.1, 0.15) is 0 Å². The number of para-hydroxylation sites is 2. The van der Waals surface area contributed by atoms with Gasteiger partial charge in [-0.1, -0.05) is 60.7 Å². The van der Waals surface area contributed by atoms with Crippen LogP contribution in [-0.4, -0.2) is 14.1 Å². The third-order valence-electron chi connectivity index (χ3n) is 11.5. The number of hydrogen-bond donors (Lipinski definition) is 0. The first-order chi connectivity index (χ1) is 30.3. The quantitative estimate of drug-likeness (QED) is 0.170. The van der Waals surface area contributed by atoms with Crippen LogP contribution in [0.4, 0.5) is 0 Å². The number of hydrogen-bond acceptors (Lipinski definition) is 6. The van der Waals surface area contributed by atoms with Crippen LogP contribution in [0.5, 0.6) is 0 Å². The van der Waals surface area contributed by atoms with Gasteiger partial charge in [-0.15, -0.1) is 0 Å². The summed E-state index contributed by atoms with van der Waals surface area (Å²) in [6, 6.07) is 58.7. The van der Waals surface area contributed by atoms with E-state index in [1.54, 1.807) is 36.4 Å². The normalized spacial score (nSPS) is 11.0. The molecular formula is C54H30N8. The van der Waals surface area contributed by atoms with Crippen LogP contribution in [-0.2, 0) is 0 Å². The molecule has 10 aromatic rings. The molecular weight excluding hydrogens is 761 g/mol. The number of aryl methyl sites for hydroxylation is 2. The highest BCUT2D eigenvalue weighted by Crippen LogP contribution is 2.43. The minimum Gasteiger partial charge on any atom is -0.307 e. The maximum Gasteiger partial charge on any atom is 0.0998 e. The fourth-order valence-electron chi connectivity index (χ4n) is 8.92. The van der Waals surface area contributed by atoms with Gasteiger partial charge in [-0.05, 0) is 127 Å². The highest BCUT2D eigenvalue weighted by Gasteiger charge is 2.23. The van der Waals surface area contributed by atoms with Gasteiger partial charge in [0.2, 0.25) is 0 Å². The van der Waals surface area contributed by atoms with E-state index in [1.807, 2.05) is 68.4 Å². The van der Waals surface area contributed by atoms with Gasteiger partial charge >= 0.3 is 0 Å². The lowest BCUT2D eigenvalue weighted by Crippen LogP contribution is -2.06. The summed E-state index contributed by atoms with van der Waals surface area (Å²) >= 11 is 0. The molecule has 0 aliphatic heterocycles. The average molecular weight is 791 g/mol. The second kappa shape index (κ2) is 14.5. The fourth-order valence-corrected chi connectivity index (χ4v) is 8.92. The third-order valence-corrected chi connectivity index (χ3v) is 11.5. The molecule has 0 aliphatic carbocycles. The lowest BCUT2D eigenvalue weighted by atomic mass is 9.97. The first kappa shape index (κ1) is 37.0. The van der Waals surface area contributed by atoms with Crippen LogP contribution in [0.25, 0.3) is 88.4 Å². The number of pyridine rings is 1. The number of nitriles is 5. The van der Waals surface area contributed by atoms with Gasteiger partial charge in [0.15, 0.2) is 0 Å². The van der Waals surface area contributed by atoms with Crippen molar-refractivity contribution in [1.29, 1.82) is 26.3 Å². The number of aromatic nitrogens is 3. The van der Waals surface area contributed by atoms with Crippen molar-refractivity contribution in [3.8, 4) is 75.1 Å². The Bertz CT molecular complexity index is 3710. The number of benzene rings is 7. The summed E-state index contributed by atoms with van der Waals surface area (Å²) in [6.45, 7) is 3.90. The largest absolute Gasteiger partial charge is 0.307 e. The molecule has 8 nitrogen and oxygen atoms in total. The molecule has 0 bridgehead atoms. The summed E-state index contributed by atoms with van der Waals surface area (Å²) in [5.74, 6) is 0. The summed E-state index contributed by atoms with van der Waals surface area (Å²) < 4.78 is 4.45. The molecule has 286 valence electrons. The predicted molar refractivity (Wildman–Crippen MR) is 242 cm³/mol. The van der Waals surface area contributed by atoms with Gasteiger partial charge in [-0.25, -0.2) is 0 Å². The first-order valence-corrected chi connectivity index (χ1v) is 19.8. The van der Waals surface area contributed by atoms with E-state index in [0.717, 1.165) is 99.8 Å².